The summed E-state index contributed by atoms with van der Waals surface area (Å²) in [6, 6.07) is 6.36. The summed E-state index contributed by atoms with van der Waals surface area (Å²) < 4.78 is 66.2. The Bertz CT molecular complexity index is 991. The number of nitrogens with one attached hydrogen (secondary N) is 1. The van der Waals surface area contributed by atoms with Crippen molar-refractivity contribution in [2.45, 2.75) is 23.8 Å². The number of amides is 1. The maximum absolute atomic E-state index is 13.3. The first-order valence-electron chi connectivity index (χ1n) is 8.42. The summed E-state index contributed by atoms with van der Waals surface area (Å²) in [5.74, 6) is -5.40. The van der Waals surface area contributed by atoms with Gasteiger partial charge in [0.05, 0.1) is 11.0 Å². The van der Waals surface area contributed by atoms with Gasteiger partial charge >= 0.3 is 0 Å². The van der Waals surface area contributed by atoms with Crippen LogP contribution in [0.15, 0.2) is 41.3 Å². The zero-order chi connectivity index (χ0) is 20.5. The monoisotopic (exact) mass is 414 g/mol. The number of aliphatic hydroxyl groups is 1. The van der Waals surface area contributed by atoms with E-state index in [9.17, 15) is 31.5 Å². The van der Waals surface area contributed by atoms with Gasteiger partial charge in [-0.15, -0.1) is 0 Å². The molecule has 1 fully saturated rings. The summed E-state index contributed by atoms with van der Waals surface area (Å²) in [5.41, 5.74) is -0.377. The molecule has 1 aliphatic rings. The van der Waals surface area contributed by atoms with Crippen LogP contribution in [-0.2, 0) is 10.0 Å². The number of rotatable bonds is 4. The van der Waals surface area contributed by atoms with E-state index in [0.717, 1.165) is 10.4 Å². The molecule has 0 aromatic heterocycles. The Kier molecular flexibility index (Phi) is 5.73. The number of benzene rings is 2. The molecule has 10 heteroatoms. The first-order valence-corrected chi connectivity index (χ1v) is 9.86. The number of hydrogen-bond acceptors (Lipinski definition) is 4. The lowest BCUT2D eigenvalue weighted by atomic mass is 10.1. The molecule has 1 aliphatic heterocycles. The minimum absolute atomic E-state index is 0.0348. The molecule has 2 aromatic carbocycles. The van der Waals surface area contributed by atoms with Gasteiger partial charge in [0.1, 0.15) is 0 Å². The van der Waals surface area contributed by atoms with Crippen LogP contribution >= 0.6 is 0 Å². The molecule has 0 radical (unpaired) electrons. The number of hydrogen-bond donors (Lipinski definition) is 2. The molecule has 1 unspecified atom stereocenters. The van der Waals surface area contributed by atoms with Gasteiger partial charge in [0.2, 0.25) is 10.0 Å². The zero-order valence-corrected chi connectivity index (χ0v) is 15.3. The summed E-state index contributed by atoms with van der Waals surface area (Å²) >= 11 is 0. The maximum atomic E-state index is 13.3. The second-order valence-corrected chi connectivity index (χ2v) is 8.33. The summed E-state index contributed by atoms with van der Waals surface area (Å²) in [6.07, 6.45) is 0.278. The lowest BCUT2D eigenvalue weighted by Gasteiger charge is -2.29. The molecule has 0 saturated carbocycles. The number of β-amino-alcohol motifs (C(OH)–C–C–N with tert-alkyl or cyclic N) is 1. The molecule has 0 spiro atoms. The van der Waals surface area contributed by atoms with E-state index < -0.39 is 39.5 Å². The molecule has 0 bridgehead atoms. The number of carbonyl (C=O) groups excluding carboxylic acids is 1. The fraction of sp³-hybridized carbons (Fsp3) is 0.278. The van der Waals surface area contributed by atoms with Crippen molar-refractivity contribution in [1.82, 2.24) is 4.31 Å². The molecule has 1 heterocycles. The van der Waals surface area contributed by atoms with Crippen molar-refractivity contribution in [2.24, 2.45) is 0 Å². The normalized spacial score (nSPS) is 18.1. The summed E-state index contributed by atoms with van der Waals surface area (Å²) in [4.78, 5) is 12.2. The standard InChI is InChI=1S/C18H17F3N2O4S/c19-15-8-12(9-16(20)17(15)21)22-18(25)11-3-1-5-14(7-11)28(26,27)23-6-2-4-13(24)10-23/h1,3,5,7-9,13,24H,2,4,6,10H2,(H,22,25). The van der Waals surface area contributed by atoms with Gasteiger partial charge in [0.15, 0.2) is 17.5 Å². The van der Waals surface area contributed by atoms with E-state index in [1.54, 1.807) is 0 Å². The van der Waals surface area contributed by atoms with Crippen LogP contribution < -0.4 is 5.32 Å². The van der Waals surface area contributed by atoms with Gasteiger partial charge in [0.25, 0.3) is 5.91 Å². The number of aliphatic hydroxyl groups excluding tert-OH is 1. The molecular weight excluding hydrogens is 397 g/mol. The van der Waals surface area contributed by atoms with Crippen molar-refractivity contribution in [2.75, 3.05) is 18.4 Å². The van der Waals surface area contributed by atoms with Crippen LogP contribution in [0.4, 0.5) is 18.9 Å². The van der Waals surface area contributed by atoms with Crippen LogP contribution in [-0.4, -0.2) is 42.9 Å². The Morgan fingerprint density at radius 3 is 2.46 bits per heavy atom. The molecule has 3 rings (SSSR count). The van der Waals surface area contributed by atoms with Crippen molar-refractivity contribution < 1.29 is 31.5 Å². The molecule has 2 N–H and O–H groups in total. The minimum atomic E-state index is -3.92. The van der Waals surface area contributed by atoms with Crippen molar-refractivity contribution in [3.63, 3.8) is 0 Å². The van der Waals surface area contributed by atoms with E-state index in [1.165, 1.54) is 18.2 Å². The predicted octanol–water partition coefficient (Wildman–Crippen LogP) is 2.50. The third-order valence-corrected chi connectivity index (χ3v) is 6.20. The summed E-state index contributed by atoms with van der Waals surface area (Å²) in [5, 5.41) is 11.9. The second kappa shape index (κ2) is 7.90. The molecule has 1 atom stereocenters. The highest BCUT2D eigenvalue weighted by molar-refractivity contribution is 7.89. The average Bonchev–Trinajstić information content (AvgIpc) is 2.66. The SMILES string of the molecule is O=C(Nc1cc(F)c(F)c(F)c1)c1cccc(S(=O)(=O)N2CCCC(O)C2)c1. The van der Waals surface area contributed by atoms with E-state index in [-0.39, 0.29) is 29.2 Å². The number of piperidine rings is 1. The highest BCUT2D eigenvalue weighted by Crippen LogP contribution is 2.23. The predicted molar refractivity (Wildman–Crippen MR) is 94.7 cm³/mol. The number of halogens is 3. The highest BCUT2D eigenvalue weighted by atomic mass is 32.2. The molecule has 28 heavy (non-hydrogen) atoms. The van der Waals surface area contributed by atoms with Gasteiger partial charge in [0, 0.05) is 36.5 Å². The third-order valence-electron chi connectivity index (χ3n) is 4.33. The number of sulfonamides is 1. The van der Waals surface area contributed by atoms with Gasteiger partial charge in [-0.3, -0.25) is 4.79 Å². The Morgan fingerprint density at radius 1 is 1.14 bits per heavy atom. The smallest absolute Gasteiger partial charge is 0.255 e. The van der Waals surface area contributed by atoms with Crippen molar-refractivity contribution in [3.8, 4) is 0 Å². The van der Waals surface area contributed by atoms with Crippen molar-refractivity contribution in [1.29, 1.82) is 0 Å². The second-order valence-electron chi connectivity index (χ2n) is 6.39. The Labute approximate surface area is 159 Å². The van der Waals surface area contributed by atoms with E-state index >= 15 is 0 Å². The lowest BCUT2D eigenvalue weighted by Crippen LogP contribution is -2.42. The fourth-order valence-corrected chi connectivity index (χ4v) is 4.48. The number of carbonyl (C=O) groups is 1. The van der Waals surface area contributed by atoms with Gasteiger partial charge < -0.3 is 10.4 Å². The quantitative estimate of drug-likeness (QED) is 0.753. The first-order chi connectivity index (χ1) is 13.2. The van der Waals surface area contributed by atoms with E-state index in [1.807, 2.05) is 0 Å². The van der Waals surface area contributed by atoms with Gasteiger partial charge in [-0.1, -0.05) is 6.07 Å². The average molecular weight is 414 g/mol. The van der Waals surface area contributed by atoms with Crippen molar-refractivity contribution >= 4 is 21.6 Å². The molecule has 150 valence electrons. The largest absolute Gasteiger partial charge is 0.392 e. The number of anilines is 1. The third kappa shape index (κ3) is 4.18. The zero-order valence-electron chi connectivity index (χ0n) is 14.5. The van der Waals surface area contributed by atoms with Crippen molar-refractivity contribution in [3.05, 3.63) is 59.4 Å². The van der Waals surface area contributed by atoms with Gasteiger partial charge in [-0.2, -0.15) is 4.31 Å². The first kappa shape index (κ1) is 20.3. The minimum Gasteiger partial charge on any atom is -0.392 e. The molecule has 6 nitrogen and oxygen atoms in total. The summed E-state index contributed by atoms with van der Waals surface area (Å²) in [7, 11) is -3.92. The topological polar surface area (TPSA) is 86.7 Å². The highest BCUT2D eigenvalue weighted by Gasteiger charge is 2.29. The molecule has 1 amide bonds. The van der Waals surface area contributed by atoms with Gasteiger partial charge in [-0.05, 0) is 31.0 Å². The van der Waals surface area contributed by atoms with Crippen LogP contribution in [0.3, 0.4) is 0 Å². The molecule has 0 aliphatic carbocycles. The maximum Gasteiger partial charge on any atom is 0.255 e. The van der Waals surface area contributed by atoms with Crippen LogP contribution in [0.2, 0.25) is 0 Å². The van der Waals surface area contributed by atoms with Crippen LogP contribution in [0.1, 0.15) is 23.2 Å². The number of nitrogens with zero attached hydrogens (tertiary/aromatic N) is 1. The van der Waals surface area contributed by atoms with Crippen LogP contribution in [0.5, 0.6) is 0 Å². The molecule has 1 saturated heterocycles. The van der Waals surface area contributed by atoms with E-state index in [0.29, 0.717) is 25.0 Å². The summed E-state index contributed by atoms with van der Waals surface area (Å²) in [6.45, 7) is 0.219. The van der Waals surface area contributed by atoms with Crippen LogP contribution in [0, 0.1) is 17.5 Å². The van der Waals surface area contributed by atoms with E-state index in [2.05, 4.69) is 5.32 Å². The fourth-order valence-electron chi connectivity index (χ4n) is 2.92. The Morgan fingerprint density at radius 2 is 1.82 bits per heavy atom. The Hall–Kier alpha value is -2.43. The molecular formula is C18H17F3N2O4S. The van der Waals surface area contributed by atoms with Crippen LogP contribution in [0.25, 0.3) is 0 Å². The molecule has 2 aromatic rings. The van der Waals surface area contributed by atoms with Gasteiger partial charge in [-0.25, -0.2) is 21.6 Å². The Balaban J connectivity index is 1.83. The lowest BCUT2D eigenvalue weighted by molar-refractivity contribution is 0.102. The van der Waals surface area contributed by atoms with E-state index in [4.69, 9.17) is 0 Å².